The number of anilines is 1. The van der Waals surface area contributed by atoms with Gasteiger partial charge in [0, 0.05) is 33.6 Å². The number of nitriles is 1. The van der Waals surface area contributed by atoms with Crippen LogP contribution in [0.4, 0.5) is 5.69 Å². The molecular weight excluding hydrogens is 410 g/mol. The molecule has 1 aliphatic rings. The van der Waals surface area contributed by atoms with Gasteiger partial charge in [0.2, 0.25) is 10.0 Å². The Labute approximate surface area is 135 Å². The van der Waals surface area contributed by atoms with Crippen molar-refractivity contribution in [1.82, 2.24) is 4.31 Å². The molecule has 0 bridgehead atoms. The molecule has 20 heavy (non-hydrogen) atoms. The zero-order chi connectivity index (χ0) is 14.9. The molecular formula is C12H13Br2N3O2S. The molecule has 2 N–H and O–H groups in total. The lowest BCUT2D eigenvalue weighted by molar-refractivity contribution is 0.410. The van der Waals surface area contributed by atoms with E-state index in [2.05, 4.69) is 31.9 Å². The summed E-state index contributed by atoms with van der Waals surface area (Å²) in [5.74, 6) is 0. The number of hydrogen-bond donors (Lipinski definition) is 1. The maximum Gasteiger partial charge on any atom is 0.245 e. The maximum absolute atomic E-state index is 12.8. The van der Waals surface area contributed by atoms with Crippen LogP contribution in [0.1, 0.15) is 19.3 Å². The van der Waals surface area contributed by atoms with Crippen molar-refractivity contribution in [2.45, 2.75) is 30.2 Å². The standard InChI is InChI=1S/C12H13Br2N3O2S/c13-10-6-8(16)7-11(14)12(10)20(18,19)17(5-1-4-15)9-2-3-9/h6-7,9H,1-3,5,16H2. The molecule has 0 amide bonds. The first-order valence-electron chi connectivity index (χ1n) is 6.01. The summed E-state index contributed by atoms with van der Waals surface area (Å²) in [6.45, 7) is 0.215. The first-order chi connectivity index (χ1) is 9.37. The highest BCUT2D eigenvalue weighted by Crippen LogP contribution is 2.38. The zero-order valence-electron chi connectivity index (χ0n) is 10.5. The molecule has 0 radical (unpaired) electrons. The van der Waals surface area contributed by atoms with Crippen molar-refractivity contribution in [1.29, 1.82) is 5.26 Å². The van der Waals surface area contributed by atoms with E-state index < -0.39 is 10.0 Å². The lowest BCUT2D eigenvalue weighted by atomic mass is 10.3. The highest BCUT2D eigenvalue weighted by Gasteiger charge is 2.39. The van der Waals surface area contributed by atoms with Gasteiger partial charge in [-0.1, -0.05) is 0 Å². The SMILES string of the molecule is N#CCCN(C1CC1)S(=O)(=O)c1c(Br)cc(N)cc1Br. The van der Waals surface area contributed by atoms with E-state index >= 15 is 0 Å². The molecule has 0 unspecified atom stereocenters. The van der Waals surface area contributed by atoms with Crippen LogP contribution in [0.3, 0.4) is 0 Å². The van der Waals surface area contributed by atoms with Gasteiger partial charge in [-0.3, -0.25) is 0 Å². The summed E-state index contributed by atoms with van der Waals surface area (Å²) in [6.07, 6.45) is 1.86. The number of benzene rings is 1. The molecule has 0 heterocycles. The summed E-state index contributed by atoms with van der Waals surface area (Å²) in [5.41, 5.74) is 6.16. The Bertz CT molecular complexity index is 643. The van der Waals surface area contributed by atoms with E-state index in [0.717, 1.165) is 12.8 Å². The average Bonchev–Trinajstić information content (AvgIpc) is 3.11. The van der Waals surface area contributed by atoms with Crippen molar-refractivity contribution in [3.8, 4) is 6.07 Å². The van der Waals surface area contributed by atoms with Crippen LogP contribution in [0, 0.1) is 11.3 Å². The first-order valence-corrected chi connectivity index (χ1v) is 9.04. The van der Waals surface area contributed by atoms with Gasteiger partial charge in [-0.15, -0.1) is 0 Å². The van der Waals surface area contributed by atoms with Gasteiger partial charge < -0.3 is 5.73 Å². The summed E-state index contributed by atoms with van der Waals surface area (Å²) in [5, 5.41) is 8.69. The van der Waals surface area contributed by atoms with E-state index in [1.165, 1.54) is 4.31 Å². The predicted molar refractivity (Wildman–Crippen MR) is 83.4 cm³/mol. The molecule has 0 aromatic heterocycles. The van der Waals surface area contributed by atoms with Crippen molar-refractivity contribution < 1.29 is 8.42 Å². The third-order valence-corrected chi connectivity index (χ3v) is 6.82. The number of rotatable bonds is 5. The Balaban J connectivity index is 2.46. The molecule has 1 aromatic rings. The summed E-state index contributed by atoms with van der Waals surface area (Å²) in [4.78, 5) is 0.163. The van der Waals surface area contributed by atoms with E-state index in [4.69, 9.17) is 11.0 Å². The minimum atomic E-state index is -3.66. The molecule has 1 aromatic carbocycles. The highest BCUT2D eigenvalue weighted by atomic mass is 79.9. The third-order valence-electron chi connectivity index (χ3n) is 2.99. The monoisotopic (exact) mass is 421 g/mol. The van der Waals surface area contributed by atoms with Crippen molar-refractivity contribution in [2.75, 3.05) is 12.3 Å². The number of hydrogen-bond acceptors (Lipinski definition) is 4. The van der Waals surface area contributed by atoms with E-state index in [1.807, 2.05) is 6.07 Å². The van der Waals surface area contributed by atoms with Gasteiger partial charge in [-0.2, -0.15) is 9.57 Å². The Morgan fingerprint density at radius 2 is 1.90 bits per heavy atom. The third kappa shape index (κ3) is 3.17. The molecule has 2 rings (SSSR count). The molecule has 0 aliphatic heterocycles. The molecule has 8 heteroatoms. The number of nitrogen functional groups attached to an aromatic ring is 1. The van der Waals surface area contributed by atoms with Crippen molar-refractivity contribution in [3.05, 3.63) is 21.1 Å². The second-order valence-electron chi connectivity index (χ2n) is 4.57. The summed E-state index contributed by atoms with van der Waals surface area (Å²) in [7, 11) is -3.66. The van der Waals surface area contributed by atoms with Crippen LogP contribution in [0.15, 0.2) is 26.0 Å². The van der Waals surface area contributed by atoms with Gasteiger partial charge in [-0.05, 0) is 56.8 Å². The molecule has 0 spiro atoms. The van der Waals surface area contributed by atoms with Crippen LogP contribution in [-0.2, 0) is 10.0 Å². The van der Waals surface area contributed by atoms with E-state index in [0.29, 0.717) is 14.6 Å². The second kappa shape index (κ2) is 6.02. The number of nitrogens with zero attached hydrogens (tertiary/aromatic N) is 2. The van der Waals surface area contributed by atoms with Gasteiger partial charge in [0.15, 0.2) is 0 Å². The second-order valence-corrected chi connectivity index (χ2v) is 8.10. The van der Waals surface area contributed by atoms with Crippen LogP contribution in [-0.4, -0.2) is 25.3 Å². The summed E-state index contributed by atoms with van der Waals surface area (Å²) >= 11 is 6.52. The minimum Gasteiger partial charge on any atom is -0.399 e. The number of sulfonamides is 1. The van der Waals surface area contributed by atoms with Gasteiger partial charge in [0.1, 0.15) is 4.90 Å². The van der Waals surface area contributed by atoms with Crippen LogP contribution in [0.5, 0.6) is 0 Å². The molecule has 1 fully saturated rings. The summed E-state index contributed by atoms with van der Waals surface area (Å²) in [6, 6.07) is 5.12. The Morgan fingerprint density at radius 3 is 2.35 bits per heavy atom. The number of halogens is 2. The van der Waals surface area contributed by atoms with Crippen LogP contribution < -0.4 is 5.73 Å². The smallest absolute Gasteiger partial charge is 0.245 e. The fourth-order valence-corrected chi connectivity index (χ4v) is 6.19. The zero-order valence-corrected chi connectivity index (χ0v) is 14.5. The van der Waals surface area contributed by atoms with Crippen LogP contribution in [0.25, 0.3) is 0 Å². The van der Waals surface area contributed by atoms with Gasteiger partial charge in [0.05, 0.1) is 6.07 Å². The van der Waals surface area contributed by atoms with Gasteiger partial charge >= 0.3 is 0 Å². The fourth-order valence-electron chi connectivity index (χ4n) is 1.96. The Kier molecular flexibility index (Phi) is 4.74. The predicted octanol–water partition coefficient (Wildman–Crippen LogP) is 2.86. The Morgan fingerprint density at radius 1 is 1.35 bits per heavy atom. The minimum absolute atomic E-state index is 0.00435. The molecule has 1 saturated carbocycles. The van der Waals surface area contributed by atoms with Crippen LogP contribution in [0.2, 0.25) is 0 Å². The van der Waals surface area contributed by atoms with Crippen molar-refractivity contribution in [3.63, 3.8) is 0 Å². The largest absolute Gasteiger partial charge is 0.399 e. The molecule has 1 aliphatic carbocycles. The quantitative estimate of drug-likeness (QED) is 0.739. The fraction of sp³-hybridized carbons (Fsp3) is 0.417. The van der Waals surface area contributed by atoms with Gasteiger partial charge in [-0.25, -0.2) is 8.42 Å². The molecule has 108 valence electrons. The first kappa shape index (κ1) is 15.8. The summed E-state index contributed by atoms with van der Waals surface area (Å²) < 4.78 is 27.8. The molecule has 5 nitrogen and oxygen atoms in total. The van der Waals surface area contributed by atoms with E-state index in [1.54, 1.807) is 12.1 Å². The maximum atomic E-state index is 12.8. The van der Waals surface area contributed by atoms with E-state index in [-0.39, 0.29) is 23.9 Å². The molecule has 0 saturated heterocycles. The van der Waals surface area contributed by atoms with Crippen molar-refractivity contribution in [2.24, 2.45) is 0 Å². The highest BCUT2D eigenvalue weighted by molar-refractivity contribution is 9.11. The lowest BCUT2D eigenvalue weighted by Crippen LogP contribution is -2.34. The van der Waals surface area contributed by atoms with Gasteiger partial charge in [0.25, 0.3) is 0 Å². The van der Waals surface area contributed by atoms with E-state index in [9.17, 15) is 8.42 Å². The van der Waals surface area contributed by atoms with Crippen LogP contribution >= 0.6 is 31.9 Å². The topological polar surface area (TPSA) is 87.2 Å². The normalized spacial score (nSPS) is 15.3. The Hall–Kier alpha value is -0.620. The molecule has 0 atom stereocenters. The van der Waals surface area contributed by atoms with Crippen molar-refractivity contribution >= 4 is 47.6 Å². The average molecular weight is 423 g/mol. The lowest BCUT2D eigenvalue weighted by Gasteiger charge is -2.22. The number of nitrogens with two attached hydrogens (primary N) is 1.